The summed E-state index contributed by atoms with van der Waals surface area (Å²) in [4.78, 5) is 24.1. The summed E-state index contributed by atoms with van der Waals surface area (Å²) >= 11 is 2.41. The maximum atomic E-state index is 13.3. The summed E-state index contributed by atoms with van der Waals surface area (Å²) in [5.74, 6) is -1.96. The highest BCUT2D eigenvalue weighted by molar-refractivity contribution is 7.99. The highest BCUT2D eigenvalue weighted by Crippen LogP contribution is 2.26. The van der Waals surface area contributed by atoms with Gasteiger partial charge in [-0.05, 0) is 24.3 Å². The molecule has 0 fully saturated rings. The van der Waals surface area contributed by atoms with Gasteiger partial charge in [0, 0.05) is 23.3 Å². The Morgan fingerprint density at radius 3 is 2.75 bits per heavy atom. The predicted octanol–water partition coefficient (Wildman–Crippen LogP) is 3.61. The van der Waals surface area contributed by atoms with Crippen LogP contribution in [0.1, 0.15) is 0 Å². The van der Waals surface area contributed by atoms with Gasteiger partial charge in [-0.15, -0.1) is 11.3 Å². The molecule has 0 atom stereocenters. The summed E-state index contributed by atoms with van der Waals surface area (Å²) in [5, 5.41) is 5.21. The lowest BCUT2D eigenvalue weighted by Crippen LogP contribution is -2.14. The van der Waals surface area contributed by atoms with Gasteiger partial charge in [0.05, 0.1) is 11.4 Å². The summed E-state index contributed by atoms with van der Waals surface area (Å²) in [6, 6.07) is 5.23. The SMILES string of the molecule is O=C(CSc1ncccn1)Nc1nc(-c2ccc(F)c(F)c2)cs1. The van der Waals surface area contributed by atoms with Gasteiger partial charge < -0.3 is 5.32 Å². The van der Waals surface area contributed by atoms with Gasteiger partial charge in [-0.3, -0.25) is 4.79 Å². The largest absolute Gasteiger partial charge is 0.301 e. The van der Waals surface area contributed by atoms with E-state index in [9.17, 15) is 13.6 Å². The van der Waals surface area contributed by atoms with Crippen molar-refractivity contribution in [3.05, 3.63) is 53.7 Å². The molecule has 0 aliphatic carbocycles. The number of carbonyl (C=O) groups excluding carboxylic acids is 1. The zero-order chi connectivity index (χ0) is 16.9. The first-order valence-electron chi connectivity index (χ1n) is 6.72. The van der Waals surface area contributed by atoms with Gasteiger partial charge in [0.15, 0.2) is 21.9 Å². The van der Waals surface area contributed by atoms with Crippen LogP contribution in [0.4, 0.5) is 13.9 Å². The van der Waals surface area contributed by atoms with E-state index in [4.69, 9.17) is 0 Å². The Kier molecular flexibility index (Phi) is 5.11. The average Bonchev–Trinajstić information content (AvgIpc) is 3.05. The maximum absolute atomic E-state index is 13.3. The first kappa shape index (κ1) is 16.5. The van der Waals surface area contributed by atoms with Crippen molar-refractivity contribution in [2.45, 2.75) is 5.16 Å². The molecule has 2 aromatic heterocycles. The Labute approximate surface area is 144 Å². The fourth-order valence-electron chi connectivity index (χ4n) is 1.76. The molecule has 0 bridgehead atoms. The molecule has 2 heterocycles. The minimum atomic E-state index is -0.939. The van der Waals surface area contributed by atoms with Crippen LogP contribution in [-0.4, -0.2) is 26.6 Å². The van der Waals surface area contributed by atoms with Gasteiger partial charge in [-0.2, -0.15) is 0 Å². The number of aromatic nitrogens is 3. The van der Waals surface area contributed by atoms with Gasteiger partial charge in [0.2, 0.25) is 5.91 Å². The van der Waals surface area contributed by atoms with Crippen molar-refractivity contribution in [2.75, 3.05) is 11.1 Å². The average molecular weight is 364 g/mol. The van der Waals surface area contributed by atoms with Crippen molar-refractivity contribution in [3.63, 3.8) is 0 Å². The molecule has 24 heavy (non-hydrogen) atoms. The van der Waals surface area contributed by atoms with Crippen molar-refractivity contribution in [3.8, 4) is 11.3 Å². The van der Waals surface area contributed by atoms with E-state index in [1.165, 1.54) is 29.2 Å². The molecule has 3 rings (SSSR count). The number of hydrogen-bond acceptors (Lipinski definition) is 6. The second kappa shape index (κ2) is 7.45. The monoisotopic (exact) mass is 364 g/mol. The van der Waals surface area contributed by atoms with E-state index in [1.54, 1.807) is 23.8 Å². The summed E-state index contributed by atoms with van der Waals surface area (Å²) in [5.41, 5.74) is 0.908. The Hall–Kier alpha value is -2.39. The van der Waals surface area contributed by atoms with Crippen LogP contribution in [0, 0.1) is 11.6 Å². The van der Waals surface area contributed by atoms with E-state index in [0.717, 1.165) is 12.1 Å². The first-order valence-corrected chi connectivity index (χ1v) is 8.59. The number of hydrogen-bond donors (Lipinski definition) is 1. The first-order chi connectivity index (χ1) is 11.6. The minimum absolute atomic E-state index is 0.143. The molecule has 1 N–H and O–H groups in total. The summed E-state index contributed by atoms with van der Waals surface area (Å²) in [6.07, 6.45) is 3.20. The topological polar surface area (TPSA) is 67.8 Å². The molecular weight excluding hydrogens is 354 g/mol. The van der Waals surface area contributed by atoms with E-state index in [2.05, 4.69) is 20.3 Å². The summed E-state index contributed by atoms with van der Waals surface area (Å²) in [6.45, 7) is 0. The fourth-order valence-corrected chi connectivity index (χ4v) is 3.10. The number of thioether (sulfide) groups is 1. The number of nitrogens with zero attached hydrogens (tertiary/aromatic N) is 3. The van der Waals surface area contributed by atoms with Crippen LogP contribution in [0.25, 0.3) is 11.3 Å². The molecule has 3 aromatic rings. The van der Waals surface area contributed by atoms with Crippen LogP contribution in [0.2, 0.25) is 0 Å². The molecule has 1 amide bonds. The molecule has 0 saturated heterocycles. The van der Waals surface area contributed by atoms with E-state index in [-0.39, 0.29) is 11.7 Å². The molecule has 122 valence electrons. The zero-order valence-corrected chi connectivity index (χ0v) is 13.7. The number of thiazole rings is 1. The van der Waals surface area contributed by atoms with Crippen molar-refractivity contribution in [1.82, 2.24) is 15.0 Å². The lowest BCUT2D eigenvalue weighted by atomic mass is 10.2. The van der Waals surface area contributed by atoms with E-state index in [1.807, 2.05) is 0 Å². The molecule has 0 unspecified atom stereocenters. The minimum Gasteiger partial charge on any atom is -0.301 e. The van der Waals surface area contributed by atoms with Crippen LogP contribution in [0.15, 0.2) is 47.2 Å². The lowest BCUT2D eigenvalue weighted by Gasteiger charge is -2.01. The van der Waals surface area contributed by atoms with Gasteiger partial charge in [-0.1, -0.05) is 11.8 Å². The zero-order valence-electron chi connectivity index (χ0n) is 12.1. The molecule has 0 saturated carbocycles. The van der Waals surface area contributed by atoms with Gasteiger partial charge in [-0.25, -0.2) is 23.7 Å². The smallest absolute Gasteiger partial charge is 0.236 e. The lowest BCUT2D eigenvalue weighted by molar-refractivity contribution is -0.113. The molecule has 9 heteroatoms. The van der Waals surface area contributed by atoms with Crippen LogP contribution >= 0.6 is 23.1 Å². The summed E-state index contributed by atoms with van der Waals surface area (Å²) < 4.78 is 26.2. The van der Waals surface area contributed by atoms with Crippen LogP contribution < -0.4 is 5.32 Å². The number of halogens is 2. The second-order valence-corrected chi connectivity index (χ2v) is 6.34. The van der Waals surface area contributed by atoms with Crippen molar-refractivity contribution >= 4 is 34.1 Å². The third-order valence-electron chi connectivity index (χ3n) is 2.84. The van der Waals surface area contributed by atoms with Crippen LogP contribution in [0.5, 0.6) is 0 Å². The third-order valence-corrected chi connectivity index (χ3v) is 4.47. The van der Waals surface area contributed by atoms with Gasteiger partial charge in [0.1, 0.15) is 0 Å². The Morgan fingerprint density at radius 1 is 1.21 bits per heavy atom. The number of carbonyl (C=O) groups is 1. The molecule has 0 spiro atoms. The highest BCUT2D eigenvalue weighted by Gasteiger charge is 2.11. The van der Waals surface area contributed by atoms with E-state index >= 15 is 0 Å². The third kappa shape index (κ3) is 4.12. The van der Waals surface area contributed by atoms with Gasteiger partial charge in [0.25, 0.3) is 0 Å². The standard InChI is InChI=1S/C15H10F2N4OS2/c16-10-3-2-9(6-11(10)17)12-7-23-15(20-12)21-13(22)8-24-14-18-4-1-5-19-14/h1-7H,8H2,(H,20,21,22). The molecule has 0 aliphatic heterocycles. The number of amides is 1. The highest BCUT2D eigenvalue weighted by atomic mass is 32.2. The number of nitrogens with one attached hydrogen (secondary N) is 1. The molecule has 5 nitrogen and oxygen atoms in total. The molecule has 1 aromatic carbocycles. The summed E-state index contributed by atoms with van der Waals surface area (Å²) in [7, 11) is 0. The second-order valence-electron chi connectivity index (χ2n) is 4.54. The van der Waals surface area contributed by atoms with Crippen LogP contribution in [0.3, 0.4) is 0 Å². The Balaban J connectivity index is 1.61. The molecule has 0 radical (unpaired) electrons. The van der Waals surface area contributed by atoms with Crippen molar-refractivity contribution < 1.29 is 13.6 Å². The van der Waals surface area contributed by atoms with Crippen molar-refractivity contribution in [1.29, 1.82) is 0 Å². The molecular formula is C15H10F2N4OS2. The van der Waals surface area contributed by atoms with E-state index < -0.39 is 11.6 Å². The fraction of sp³-hybridized carbons (Fsp3) is 0.0667. The number of benzene rings is 1. The van der Waals surface area contributed by atoms with Gasteiger partial charge >= 0.3 is 0 Å². The Morgan fingerprint density at radius 2 is 2.00 bits per heavy atom. The maximum Gasteiger partial charge on any atom is 0.236 e. The van der Waals surface area contributed by atoms with Crippen molar-refractivity contribution in [2.24, 2.45) is 0 Å². The quantitative estimate of drug-likeness (QED) is 0.553. The Bertz CT molecular complexity index is 858. The molecule has 0 aliphatic rings. The predicted molar refractivity (Wildman–Crippen MR) is 88.9 cm³/mol. The number of anilines is 1. The van der Waals surface area contributed by atoms with Crippen LogP contribution in [-0.2, 0) is 4.79 Å². The number of rotatable bonds is 5. The normalized spacial score (nSPS) is 10.6. The van der Waals surface area contributed by atoms with E-state index in [0.29, 0.717) is 21.5 Å².